The Morgan fingerprint density at radius 3 is 2.54 bits per heavy atom. The van der Waals surface area contributed by atoms with Gasteiger partial charge in [0.2, 0.25) is 0 Å². The Morgan fingerprint density at radius 1 is 1.25 bits per heavy atom. The Morgan fingerprint density at radius 2 is 1.89 bits per heavy atom. The molecule has 3 aliphatic rings. The first-order chi connectivity index (χ1) is 13.1. The van der Waals surface area contributed by atoms with Crippen LogP contribution in [0.2, 0.25) is 5.02 Å². The minimum Gasteiger partial charge on any atom is -0.457 e. The zero-order chi connectivity index (χ0) is 20.4. The molecule has 0 unspecified atom stereocenters. The lowest BCUT2D eigenvalue weighted by Gasteiger charge is -2.44. The molecule has 3 fully saturated rings. The van der Waals surface area contributed by atoms with Crippen LogP contribution in [0.3, 0.4) is 0 Å². The van der Waals surface area contributed by atoms with Crippen molar-refractivity contribution in [2.75, 3.05) is 0 Å². The molecule has 1 saturated heterocycles. The van der Waals surface area contributed by atoms with Gasteiger partial charge in [0.15, 0.2) is 5.78 Å². The van der Waals surface area contributed by atoms with Gasteiger partial charge in [-0.05, 0) is 49.5 Å². The molecule has 6 heteroatoms. The van der Waals surface area contributed by atoms with Gasteiger partial charge >= 0.3 is 5.97 Å². The second-order valence-corrected chi connectivity index (χ2v) is 8.78. The fourth-order valence-corrected chi connectivity index (χ4v) is 5.38. The van der Waals surface area contributed by atoms with Crippen LogP contribution in [0.5, 0.6) is 0 Å². The Labute approximate surface area is 168 Å². The summed E-state index contributed by atoms with van der Waals surface area (Å²) in [7, 11) is 0. The highest BCUT2D eigenvalue weighted by Gasteiger charge is 2.73. The van der Waals surface area contributed by atoms with Gasteiger partial charge in [0.25, 0.3) is 0 Å². The fraction of sp³-hybridized carbons (Fsp3) is 0.455. The van der Waals surface area contributed by atoms with Gasteiger partial charge < -0.3 is 14.9 Å². The van der Waals surface area contributed by atoms with Crippen LogP contribution >= 0.6 is 11.6 Å². The number of aliphatic hydroxyl groups is 2. The zero-order valence-electron chi connectivity index (χ0n) is 15.8. The van der Waals surface area contributed by atoms with E-state index < -0.39 is 35.0 Å². The molecule has 2 aliphatic carbocycles. The number of carbonyl (C=O) groups is 2. The Kier molecular flexibility index (Phi) is 4.34. The molecule has 1 aliphatic heterocycles. The van der Waals surface area contributed by atoms with Gasteiger partial charge in [0.1, 0.15) is 17.8 Å². The monoisotopic (exact) mass is 402 g/mol. The number of ketones is 1. The predicted octanol–water partition coefficient (Wildman–Crippen LogP) is 2.93. The van der Waals surface area contributed by atoms with Crippen LogP contribution in [-0.4, -0.2) is 39.8 Å². The van der Waals surface area contributed by atoms with Crippen molar-refractivity contribution in [3.8, 4) is 0 Å². The SMILES string of the molecule is C=C1C(=O)O[C@@H]2[C@H]1CC[C@H](C)[C@]1(O)[C@@H](O)/C(=C/c3ccc(Cl)cc3)C(=O)[C@@]21C. The average molecular weight is 403 g/mol. The molecule has 6 atom stereocenters. The van der Waals surface area contributed by atoms with Gasteiger partial charge in [-0.3, -0.25) is 4.79 Å². The number of rotatable bonds is 1. The minimum atomic E-state index is -1.74. The maximum atomic E-state index is 13.6. The van der Waals surface area contributed by atoms with Crippen molar-refractivity contribution >= 4 is 29.4 Å². The van der Waals surface area contributed by atoms with Gasteiger partial charge in [0.05, 0.1) is 5.41 Å². The molecule has 5 nitrogen and oxygen atoms in total. The number of halogens is 1. The smallest absolute Gasteiger partial charge is 0.334 e. The van der Waals surface area contributed by atoms with Crippen molar-refractivity contribution in [3.05, 3.63) is 52.6 Å². The molecule has 0 aromatic heterocycles. The average Bonchev–Trinajstić information content (AvgIpc) is 3.00. The van der Waals surface area contributed by atoms with Crippen LogP contribution in [0.25, 0.3) is 6.08 Å². The van der Waals surface area contributed by atoms with E-state index in [-0.39, 0.29) is 17.4 Å². The van der Waals surface area contributed by atoms with Gasteiger partial charge in [-0.2, -0.15) is 0 Å². The quantitative estimate of drug-likeness (QED) is 0.557. The summed E-state index contributed by atoms with van der Waals surface area (Å²) < 4.78 is 5.55. The molecule has 1 aromatic rings. The number of ether oxygens (including phenoxy) is 1. The first-order valence-electron chi connectivity index (χ1n) is 9.44. The summed E-state index contributed by atoms with van der Waals surface area (Å²) in [6.07, 6.45) is 0.461. The van der Waals surface area contributed by atoms with Crippen LogP contribution in [0.4, 0.5) is 0 Å². The van der Waals surface area contributed by atoms with Crippen molar-refractivity contribution in [1.29, 1.82) is 0 Å². The Balaban J connectivity index is 1.87. The molecule has 0 bridgehead atoms. The maximum Gasteiger partial charge on any atom is 0.334 e. The second kappa shape index (κ2) is 6.28. The summed E-state index contributed by atoms with van der Waals surface area (Å²) in [6.45, 7) is 7.27. The summed E-state index contributed by atoms with van der Waals surface area (Å²) in [4.78, 5) is 25.7. The minimum absolute atomic E-state index is 0.119. The molecule has 2 N–H and O–H groups in total. The van der Waals surface area contributed by atoms with E-state index in [1.807, 2.05) is 6.92 Å². The molecule has 0 spiro atoms. The van der Waals surface area contributed by atoms with E-state index in [0.29, 0.717) is 29.0 Å². The normalized spacial score (nSPS) is 41.6. The molecule has 1 aromatic carbocycles. The summed E-state index contributed by atoms with van der Waals surface area (Å²) in [5.74, 6) is -1.65. The lowest BCUT2D eigenvalue weighted by atomic mass is 9.64. The number of carbonyl (C=O) groups excluding carboxylic acids is 2. The first-order valence-corrected chi connectivity index (χ1v) is 9.82. The highest BCUT2D eigenvalue weighted by atomic mass is 35.5. The van der Waals surface area contributed by atoms with E-state index in [4.69, 9.17) is 16.3 Å². The highest BCUT2D eigenvalue weighted by molar-refractivity contribution is 6.30. The standard InChI is InChI=1S/C22H23ClO5/c1-11-4-9-15-12(2)20(26)28-19(15)21(3)17(24)16(18(25)22(11,21)27)10-13-5-7-14(23)8-6-13/h5-8,10-11,15,18-19,25,27H,2,4,9H2,1,3H3/b16-10+/t11-,15-,18-,19+,21-,22-/m0/s1. The summed E-state index contributed by atoms with van der Waals surface area (Å²) in [5.41, 5.74) is -2.06. The number of esters is 1. The maximum absolute atomic E-state index is 13.6. The lowest BCUT2D eigenvalue weighted by molar-refractivity contribution is -0.188. The Hall–Kier alpha value is -1.95. The third kappa shape index (κ3) is 2.33. The third-order valence-corrected chi connectivity index (χ3v) is 7.26. The molecular formula is C22H23ClO5. The van der Waals surface area contributed by atoms with E-state index in [1.165, 1.54) is 0 Å². The molecule has 2 saturated carbocycles. The van der Waals surface area contributed by atoms with Crippen LogP contribution < -0.4 is 0 Å². The topological polar surface area (TPSA) is 83.8 Å². The molecule has 4 rings (SSSR count). The summed E-state index contributed by atoms with van der Waals surface area (Å²) in [5, 5.41) is 23.4. The number of benzene rings is 1. The Bertz CT molecular complexity index is 904. The van der Waals surface area contributed by atoms with Crippen LogP contribution in [0.1, 0.15) is 32.3 Å². The number of hydrogen-bond acceptors (Lipinski definition) is 5. The van der Waals surface area contributed by atoms with Gasteiger partial charge in [-0.1, -0.05) is 37.2 Å². The van der Waals surface area contributed by atoms with Crippen molar-refractivity contribution < 1.29 is 24.5 Å². The van der Waals surface area contributed by atoms with Crippen molar-refractivity contribution in [3.63, 3.8) is 0 Å². The van der Waals surface area contributed by atoms with E-state index >= 15 is 0 Å². The van der Waals surface area contributed by atoms with Crippen molar-refractivity contribution in [2.45, 2.75) is 44.5 Å². The van der Waals surface area contributed by atoms with Crippen molar-refractivity contribution in [1.82, 2.24) is 0 Å². The van der Waals surface area contributed by atoms with Crippen molar-refractivity contribution in [2.24, 2.45) is 17.3 Å². The predicted molar refractivity (Wildman–Crippen MR) is 104 cm³/mol. The number of fused-ring (bicyclic) bond motifs is 3. The molecular weight excluding hydrogens is 380 g/mol. The number of Topliss-reactive ketones (excluding diaryl/α,β-unsaturated/α-hetero) is 1. The van der Waals surface area contributed by atoms with E-state index in [9.17, 15) is 19.8 Å². The number of aliphatic hydroxyl groups excluding tert-OH is 1. The zero-order valence-corrected chi connectivity index (χ0v) is 16.6. The highest BCUT2D eigenvalue weighted by Crippen LogP contribution is 2.60. The van der Waals surface area contributed by atoms with Gasteiger partial charge in [-0.15, -0.1) is 0 Å². The third-order valence-electron chi connectivity index (χ3n) is 7.01. The second-order valence-electron chi connectivity index (χ2n) is 8.35. The molecule has 28 heavy (non-hydrogen) atoms. The van der Waals surface area contributed by atoms with Crippen LogP contribution in [0.15, 0.2) is 42.0 Å². The van der Waals surface area contributed by atoms with E-state index in [1.54, 1.807) is 37.3 Å². The summed E-state index contributed by atoms with van der Waals surface area (Å²) >= 11 is 5.92. The van der Waals surface area contributed by atoms with Crippen LogP contribution in [-0.2, 0) is 14.3 Å². The molecule has 148 valence electrons. The van der Waals surface area contributed by atoms with Gasteiger partial charge in [0, 0.05) is 22.1 Å². The first kappa shape index (κ1) is 19.4. The van der Waals surface area contributed by atoms with Gasteiger partial charge in [-0.25, -0.2) is 4.79 Å². The number of hydrogen-bond donors (Lipinski definition) is 2. The van der Waals surface area contributed by atoms with Crippen LogP contribution in [0, 0.1) is 17.3 Å². The van der Waals surface area contributed by atoms with E-state index in [0.717, 1.165) is 0 Å². The molecule has 1 heterocycles. The van der Waals surface area contributed by atoms with E-state index in [2.05, 4.69) is 6.58 Å². The fourth-order valence-electron chi connectivity index (χ4n) is 5.25. The summed E-state index contributed by atoms with van der Waals surface area (Å²) in [6, 6.07) is 6.85. The molecule has 0 amide bonds. The molecule has 0 radical (unpaired) electrons. The largest absolute Gasteiger partial charge is 0.457 e. The lowest BCUT2D eigenvalue weighted by Crippen LogP contribution is -2.60.